The van der Waals surface area contributed by atoms with Crippen molar-refractivity contribution >= 4 is 17.0 Å². The van der Waals surface area contributed by atoms with Crippen molar-refractivity contribution in [3.05, 3.63) is 45.9 Å². The Kier molecular flexibility index (Phi) is 3.99. The fourth-order valence-corrected chi connectivity index (χ4v) is 2.83. The summed E-state index contributed by atoms with van der Waals surface area (Å²) in [7, 11) is 2.10. The molecule has 0 spiro atoms. The Morgan fingerprint density at radius 2 is 2.11 bits per heavy atom. The van der Waals surface area contributed by atoms with E-state index in [4.69, 9.17) is 5.73 Å². The Morgan fingerprint density at radius 1 is 1.39 bits per heavy atom. The highest BCUT2D eigenvalue weighted by atomic mass is 32.1. The first-order valence-electron chi connectivity index (χ1n) is 6.04. The third kappa shape index (κ3) is 2.71. The summed E-state index contributed by atoms with van der Waals surface area (Å²) in [5, 5.41) is 0. The molecule has 1 aromatic carbocycles. The molecule has 1 aromatic heterocycles. The van der Waals surface area contributed by atoms with Crippen LogP contribution in [0.2, 0.25) is 0 Å². The van der Waals surface area contributed by atoms with Crippen molar-refractivity contribution in [2.24, 2.45) is 5.73 Å². The van der Waals surface area contributed by atoms with Gasteiger partial charge >= 0.3 is 0 Å². The van der Waals surface area contributed by atoms with Gasteiger partial charge in [-0.15, -0.1) is 11.3 Å². The molecule has 2 aromatic rings. The van der Waals surface area contributed by atoms with E-state index < -0.39 is 0 Å². The molecule has 2 N–H and O–H groups in total. The molecule has 1 heterocycles. The zero-order valence-electron chi connectivity index (χ0n) is 11.1. The third-order valence-electron chi connectivity index (χ3n) is 3.06. The summed E-state index contributed by atoms with van der Waals surface area (Å²) < 4.78 is 0. The van der Waals surface area contributed by atoms with E-state index in [0.29, 0.717) is 0 Å². The fraction of sp³-hybridized carbons (Fsp3) is 0.357. The summed E-state index contributed by atoms with van der Waals surface area (Å²) in [6.45, 7) is 4.95. The molecular formula is C14H19N3S. The zero-order valence-corrected chi connectivity index (χ0v) is 11.9. The number of para-hydroxylation sites is 1. The number of anilines is 1. The first kappa shape index (κ1) is 13.1. The first-order valence-corrected chi connectivity index (χ1v) is 6.92. The smallest absolute Gasteiger partial charge is 0.0798 e. The number of hydrogen-bond acceptors (Lipinski definition) is 4. The number of nitrogens with zero attached hydrogens (tertiary/aromatic N) is 2. The van der Waals surface area contributed by atoms with E-state index in [9.17, 15) is 0 Å². The van der Waals surface area contributed by atoms with Gasteiger partial charge in [-0.3, -0.25) is 0 Å². The summed E-state index contributed by atoms with van der Waals surface area (Å²) >= 11 is 1.70. The van der Waals surface area contributed by atoms with Crippen LogP contribution in [0.1, 0.15) is 29.1 Å². The number of benzene rings is 1. The third-order valence-corrected chi connectivity index (χ3v) is 3.98. The minimum atomic E-state index is 0.0474. The average Bonchev–Trinajstić information content (AvgIpc) is 2.75. The van der Waals surface area contributed by atoms with E-state index in [2.05, 4.69) is 42.1 Å². The molecule has 0 saturated heterocycles. The summed E-state index contributed by atoms with van der Waals surface area (Å²) in [6.07, 6.45) is 0. The monoisotopic (exact) mass is 261 g/mol. The standard InChI is InChI=1S/C14H19N3S/c1-10(15)12-6-4-5-7-13(12)17(3)8-14-11(2)16-9-18-14/h4-7,9-10H,8,15H2,1-3H3/t10-/m1/s1. The number of hydrogen-bond donors (Lipinski definition) is 1. The lowest BCUT2D eigenvalue weighted by Gasteiger charge is -2.23. The lowest BCUT2D eigenvalue weighted by molar-refractivity contribution is 0.802. The van der Waals surface area contributed by atoms with Crippen LogP contribution in [-0.2, 0) is 6.54 Å². The predicted molar refractivity (Wildman–Crippen MR) is 78.0 cm³/mol. The molecule has 18 heavy (non-hydrogen) atoms. The maximum absolute atomic E-state index is 6.02. The topological polar surface area (TPSA) is 42.2 Å². The van der Waals surface area contributed by atoms with Gasteiger partial charge in [0.05, 0.1) is 17.7 Å². The van der Waals surface area contributed by atoms with Crippen molar-refractivity contribution in [1.82, 2.24) is 4.98 Å². The van der Waals surface area contributed by atoms with Crippen LogP contribution in [0.4, 0.5) is 5.69 Å². The van der Waals surface area contributed by atoms with E-state index in [1.807, 2.05) is 18.5 Å². The van der Waals surface area contributed by atoms with Crippen LogP contribution < -0.4 is 10.6 Å². The highest BCUT2D eigenvalue weighted by molar-refractivity contribution is 7.09. The molecule has 4 heteroatoms. The lowest BCUT2D eigenvalue weighted by atomic mass is 10.1. The summed E-state index contributed by atoms with van der Waals surface area (Å²) in [4.78, 5) is 7.83. The summed E-state index contributed by atoms with van der Waals surface area (Å²) in [6, 6.07) is 8.35. The second kappa shape index (κ2) is 5.50. The number of aryl methyl sites for hydroxylation is 1. The maximum atomic E-state index is 6.02. The Balaban J connectivity index is 2.24. The Bertz CT molecular complexity index is 519. The van der Waals surface area contributed by atoms with Crippen molar-refractivity contribution in [2.45, 2.75) is 26.4 Å². The lowest BCUT2D eigenvalue weighted by Crippen LogP contribution is -2.20. The minimum Gasteiger partial charge on any atom is -0.369 e. The molecule has 0 unspecified atom stereocenters. The van der Waals surface area contributed by atoms with Crippen LogP contribution in [0, 0.1) is 6.92 Å². The largest absolute Gasteiger partial charge is 0.369 e. The predicted octanol–water partition coefficient (Wildman–Crippen LogP) is 3.11. The van der Waals surface area contributed by atoms with Gasteiger partial charge in [0, 0.05) is 23.7 Å². The van der Waals surface area contributed by atoms with Gasteiger partial charge in [-0.25, -0.2) is 4.98 Å². The molecular weight excluding hydrogens is 242 g/mol. The zero-order chi connectivity index (χ0) is 13.1. The molecule has 0 saturated carbocycles. The quantitative estimate of drug-likeness (QED) is 0.919. The van der Waals surface area contributed by atoms with Crippen molar-refractivity contribution in [3.8, 4) is 0 Å². The van der Waals surface area contributed by atoms with Gasteiger partial charge < -0.3 is 10.6 Å². The molecule has 0 aliphatic carbocycles. The molecule has 0 amide bonds. The summed E-state index contributed by atoms with van der Waals surface area (Å²) in [5.41, 5.74) is 11.4. The molecule has 3 nitrogen and oxygen atoms in total. The molecule has 1 atom stereocenters. The van der Waals surface area contributed by atoms with E-state index in [-0.39, 0.29) is 6.04 Å². The highest BCUT2D eigenvalue weighted by Gasteiger charge is 2.12. The van der Waals surface area contributed by atoms with Gasteiger partial charge in [0.2, 0.25) is 0 Å². The van der Waals surface area contributed by atoms with Crippen LogP contribution in [0.15, 0.2) is 29.8 Å². The minimum absolute atomic E-state index is 0.0474. The van der Waals surface area contributed by atoms with Crippen LogP contribution in [0.3, 0.4) is 0 Å². The normalized spacial score (nSPS) is 12.4. The number of thiazole rings is 1. The number of rotatable bonds is 4. The van der Waals surface area contributed by atoms with E-state index in [1.165, 1.54) is 16.1 Å². The van der Waals surface area contributed by atoms with Crippen LogP contribution in [0.5, 0.6) is 0 Å². The Labute approximate surface area is 112 Å². The highest BCUT2D eigenvalue weighted by Crippen LogP contribution is 2.26. The van der Waals surface area contributed by atoms with Crippen LogP contribution in [-0.4, -0.2) is 12.0 Å². The fourth-order valence-electron chi connectivity index (χ4n) is 2.00. The van der Waals surface area contributed by atoms with Crippen LogP contribution >= 0.6 is 11.3 Å². The molecule has 96 valence electrons. The molecule has 0 aliphatic rings. The Hall–Kier alpha value is -1.39. The number of aromatic nitrogens is 1. The van der Waals surface area contributed by atoms with Crippen molar-refractivity contribution < 1.29 is 0 Å². The van der Waals surface area contributed by atoms with Crippen molar-refractivity contribution in [2.75, 3.05) is 11.9 Å². The molecule has 0 fully saturated rings. The van der Waals surface area contributed by atoms with E-state index in [0.717, 1.165) is 12.2 Å². The van der Waals surface area contributed by atoms with Crippen LogP contribution in [0.25, 0.3) is 0 Å². The second-order valence-corrected chi connectivity index (χ2v) is 5.50. The SMILES string of the molecule is Cc1ncsc1CN(C)c1ccccc1[C@@H](C)N. The van der Waals surface area contributed by atoms with Gasteiger partial charge in [-0.2, -0.15) is 0 Å². The van der Waals surface area contributed by atoms with Gasteiger partial charge in [0.1, 0.15) is 0 Å². The second-order valence-electron chi connectivity index (χ2n) is 4.56. The van der Waals surface area contributed by atoms with Gasteiger partial charge in [-0.1, -0.05) is 18.2 Å². The van der Waals surface area contributed by atoms with Gasteiger partial charge in [-0.05, 0) is 25.5 Å². The molecule has 2 rings (SSSR count). The van der Waals surface area contributed by atoms with E-state index >= 15 is 0 Å². The molecule has 0 aliphatic heterocycles. The number of nitrogens with two attached hydrogens (primary N) is 1. The maximum Gasteiger partial charge on any atom is 0.0798 e. The van der Waals surface area contributed by atoms with Gasteiger partial charge in [0.25, 0.3) is 0 Å². The Morgan fingerprint density at radius 3 is 2.72 bits per heavy atom. The average molecular weight is 261 g/mol. The van der Waals surface area contributed by atoms with Crippen molar-refractivity contribution in [3.63, 3.8) is 0 Å². The molecule has 0 radical (unpaired) electrons. The first-order chi connectivity index (χ1) is 8.59. The van der Waals surface area contributed by atoms with Crippen molar-refractivity contribution in [1.29, 1.82) is 0 Å². The van der Waals surface area contributed by atoms with Gasteiger partial charge in [0.15, 0.2) is 0 Å². The van der Waals surface area contributed by atoms with E-state index in [1.54, 1.807) is 11.3 Å². The summed E-state index contributed by atoms with van der Waals surface area (Å²) in [5.74, 6) is 0. The molecule has 0 bridgehead atoms.